The second kappa shape index (κ2) is 7.00. The Morgan fingerprint density at radius 3 is 2.54 bits per heavy atom. The largest absolute Gasteiger partial charge is 0.348 e. The minimum absolute atomic E-state index is 0.175. The summed E-state index contributed by atoms with van der Waals surface area (Å²) in [5.41, 5.74) is 4.20. The lowest BCUT2D eigenvalue weighted by Crippen LogP contribution is -2.24. The predicted molar refractivity (Wildman–Crippen MR) is 92.3 cm³/mol. The van der Waals surface area contributed by atoms with Crippen LogP contribution in [0.25, 0.3) is 11.4 Å². The van der Waals surface area contributed by atoms with Gasteiger partial charge in [-0.25, -0.2) is 9.97 Å². The summed E-state index contributed by atoms with van der Waals surface area (Å²) in [6.45, 7) is 4.32. The van der Waals surface area contributed by atoms with Gasteiger partial charge in [0.1, 0.15) is 0 Å². The van der Waals surface area contributed by atoms with Crippen LogP contribution in [-0.4, -0.2) is 20.9 Å². The molecule has 5 heteroatoms. The van der Waals surface area contributed by atoms with Gasteiger partial charge in [0.2, 0.25) is 0 Å². The van der Waals surface area contributed by atoms with Crippen molar-refractivity contribution in [3.63, 3.8) is 0 Å². The Labute approximate surface area is 140 Å². The van der Waals surface area contributed by atoms with Crippen LogP contribution in [0.4, 0.5) is 0 Å². The maximum absolute atomic E-state index is 12.4. The number of amides is 1. The van der Waals surface area contributed by atoms with Gasteiger partial charge in [0, 0.05) is 30.7 Å². The number of carbonyl (C=O) groups is 1. The first-order valence-corrected chi connectivity index (χ1v) is 7.71. The van der Waals surface area contributed by atoms with Crippen LogP contribution in [0.15, 0.2) is 55.0 Å². The van der Waals surface area contributed by atoms with Gasteiger partial charge in [0.15, 0.2) is 5.82 Å². The summed E-state index contributed by atoms with van der Waals surface area (Å²) in [5.74, 6) is 0.390. The van der Waals surface area contributed by atoms with Crippen molar-refractivity contribution < 1.29 is 4.79 Å². The van der Waals surface area contributed by atoms with E-state index in [1.54, 1.807) is 18.6 Å². The van der Waals surface area contributed by atoms with Crippen molar-refractivity contribution in [3.05, 3.63) is 77.4 Å². The first-order valence-electron chi connectivity index (χ1n) is 7.71. The average molecular weight is 318 g/mol. The van der Waals surface area contributed by atoms with Gasteiger partial charge in [0.05, 0.1) is 11.3 Å². The maximum Gasteiger partial charge on any atom is 0.254 e. The van der Waals surface area contributed by atoms with Gasteiger partial charge >= 0.3 is 0 Å². The topological polar surface area (TPSA) is 67.8 Å². The van der Waals surface area contributed by atoms with E-state index in [4.69, 9.17) is 0 Å². The molecule has 2 aromatic heterocycles. The molecular weight excluding hydrogens is 300 g/mol. The number of carbonyl (C=O) groups excluding carboxylic acids is 1. The minimum atomic E-state index is -0.175. The first-order chi connectivity index (χ1) is 11.6. The third-order valence-corrected chi connectivity index (χ3v) is 3.72. The molecule has 0 spiro atoms. The average Bonchev–Trinajstić information content (AvgIpc) is 2.61. The maximum atomic E-state index is 12.4. The van der Waals surface area contributed by atoms with Crippen LogP contribution in [0.5, 0.6) is 0 Å². The number of hydrogen-bond donors (Lipinski definition) is 1. The van der Waals surface area contributed by atoms with Crippen LogP contribution < -0.4 is 5.32 Å². The highest BCUT2D eigenvalue weighted by molar-refractivity contribution is 5.95. The van der Waals surface area contributed by atoms with Crippen molar-refractivity contribution in [1.82, 2.24) is 20.3 Å². The zero-order valence-corrected chi connectivity index (χ0v) is 13.7. The molecule has 0 aliphatic rings. The molecule has 0 saturated heterocycles. The lowest BCUT2D eigenvalue weighted by molar-refractivity contribution is 0.0949. The number of benzene rings is 1. The molecule has 2 heterocycles. The summed E-state index contributed by atoms with van der Waals surface area (Å²) in [7, 11) is 0. The van der Waals surface area contributed by atoms with Gasteiger partial charge in [-0.2, -0.15) is 0 Å². The molecule has 0 saturated carbocycles. The van der Waals surface area contributed by atoms with E-state index in [-0.39, 0.29) is 5.91 Å². The standard InChI is InChI=1S/C19H18N4O/c1-13-5-7-15(8-6-13)10-22-19(24)17-12-21-18(23-14(17)2)16-4-3-9-20-11-16/h3-9,11-12H,10H2,1-2H3,(H,22,24). The molecule has 3 rings (SSSR count). The van der Waals surface area contributed by atoms with E-state index in [2.05, 4.69) is 20.3 Å². The van der Waals surface area contributed by atoms with Crippen molar-refractivity contribution in [2.45, 2.75) is 20.4 Å². The van der Waals surface area contributed by atoms with Crippen molar-refractivity contribution in [1.29, 1.82) is 0 Å². The molecule has 1 amide bonds. The van der Waals surface area contributed by atoms with E-state index >= 15 is 0 Å². The third-order valence-electron chi connectivity index (χ3n) is 3.72. The Hall–Kier alpha value is -3.08. The molecule has 0 aliphatic carbocycles. The van der Waals surface area contributed by atoms with Gasteiger partial charge in [-0.1, -0.05) is 29.8 Å². The molecule has 1 aromatic carbocycles. The fourth-order valence-electron chi connectivity index (χ4n) is 2.31. The first kappa shape index (κ1) is 15.8. The lowest BCUT2D eigenvalue weighted by Gasteiger charge is -2.08. The monoisotopic (exact) mass is 318 g/mol. The fourth-order valence-corrected chi connectivity index (χ4v) is 2.31. The highest BCUT2D eigenvalue weighted by Crippen LogP contribution is 2.14. The Morgan fingerprint density at radius 2 is 1.88 bits per heavy atom. The van der Waals surface area contributed by atoms with Gasteiger partial charge < -0.3 is 5.32 Å². The summed E-state index contributed by atoms with van der Waals surface area (Å²) in [4.78, 5) is 25.1. The highest BCUT2D eigenvalue weighted by atomic mass is 16.1. The lowest BCUT2D eigenvalue weighted by atomic mass is 10.1. The molecule has 0 bridgehead atoms. The quantitative estimate of drug-likeness (QED) is 0.802. The van der Waals surface area contributed by atoms with Gasteiger partial charge in [-0.05, 0) is 31.5 Å². The molecule has 0 unspecified atom stereocenters. The molecular formula is C19H18N4O. The Balaban J connectivity index is 1.72. The van der Waals surface area contributed by atoms with Crippen LogP contribution in [0.3, 0.4) is 0 Å². The Morgan fingerprint density at radius 1 is 1.08 bits per heavy atom. The second-order valence-corrected chi connectivity index (χ2v) is 5.60. The van der Waals surface area contributed by atoms with E-state index in [1.807, 2.05) is 50.2 Å². The highest BCUT2D eigenvalue weighted by Gasteiger charge is 2.12. The minimum Gasteiger partial charge on any atom is -0.348 e. The van der Waals surface area contributed by atoms with E-state index in [9.17, 15) is 4.79 Å². The van der Waals surface area contributed by atoms with E-state index in [0.717, 1.165) is 11.1 Å². The smallest absolute Gasteiger partial charge is 0.254 e. The van der Waals surface area contributed by atoms with Crippen molar-refractivity contribution >= 4 is 5.91 Å². The van der Waals surface area contributed by atoms with Crippen LogP contribution in [-0.2, 0) is 6.54 Å². The van der Waals surface area contributed by atoms with Crippen molar-refractivity contribution in [2.24, 2.45) is 0 Å². The van der Waals surface area contributed by atoms with Crippen LogP contribution in [0, 0.1) is 13.8 Å². The number of aromatic nitrogens is 3. The molecule has 0 aliphatic heterocycles. The number of pyridine rings is 1. The number of nitrogens with one attached hydrogen (secondary N) is 1. The molecule has 24 heavy (non-hydrogen) atoms. The molecule has 0 atom stereocenters. The van der Waals surface area contributed by atoms with E-state index in [0.29, 0.717) is 23.6 Å². The zero-order chi connectivity index (χ0) is 16.9. The van der Waals surface area contributed by atoms with Gasteiger partial charge in [0.25, 0.3) is 5.91 Å². The number of hydrogen-bond acceptors (Lipinski definition) is 4. The summed E-state index contributed by atoms with van der Waals surface area (Å²) in [5, 5.41) is 2.90. The SMILES string of the molecule is Cc1ccc(CNC(=O)c2cnc(-c3cccnc3)nc2C)cc1. The summed E-state index contributed by atoms with van der Waals surface area (Å²) in [6, 6.07) is 11.8. The van der Waals surface area contributed by atoms with Crippen LogP contribution in [0.2, 0.25) is 0 Å². The van der Waals surface area contributed by atoms with Gasteiger partial charge in [-0.3, -0.25) is 9.78 Å². The molecule has 120 valence electrons. The van der Waals surface area contributed by atoms with Crippen molar-refractivity contribution in [2.75, 3.05) is 0 Å². The number of nitrogens with zero attached hydrogens (tertiary/aromatic N) is 3. The number of rotatable bonds is 4. The Kier molecular flexibility index (Phi) is 4.61. The summed E-state index contributed by atoms with van der Waals surface area (Å²) in [6.07, 6.45) is 4.96. The zero-order valence-electron chi connectivity index (χ0n) is 13.7. The van der Waals surface area contributed by atoms with Crippen LogP contribution in [0.1, 0.15) is 27.2 Å². The Bertz CT molecular complexity index is 845. The molecule has 5 nitrogen and oxygen atoms in total. The molecule has 1 N–H and O–H groups in total. The molecule has 0 radical (unpaired) electrons. The van der Waals surface area contributed by atoms with Crippen LogP contribution >= 0.6 is 0 Å². The van der Waals surface area contributed by atoms with Gasteiger partial charge in [-0.15, -0.1) is 0 Å². The summed E-state index contributed by atoms with van der Waals surface area (Å²) >= 11 is 0. The molecule has 3 aromatic rings. The normalized spacial score (nSPS) is 10.4. The van der Waals surface area contributed by atoms with E-state index in [1.165, 1.54) is 5.56 Å². The molecule has 0 fully saturated rings. The van der Waals surface area contributed by atoms with E-state index < -0.39 is 0 Å². The second-order valence-electron chi connectivity index (χ2n) is 5.60. The van der Waals surface area contributed by atoms with Crippen molar-refractivity contribution in [3.8, 4) is 11.4 Å². The third kappa shape index (κ3) is 3.63. The summed E-state index contributed by atoms with van der Waals surface area (Å²) < 4.78 is 0. The predicted octanol–water partition coefficient (Wildman–Crippen LogP) is 3.09. The fraction of sp³-hybridized carbons (Fsp3) is 0.158. The number of aryl methyl sites for hydroxylation is 2.